The minimum atomic E-state index is -1.89. The molecule has 0 bridgehead atoms. The van der Waals surface area contributed by atoms with E-state index in [1.165, 1.54) is 26.8 Å². The van der Waals surface area contributed by atoms with Gasteiger partial charge in [0.25, 0.3) is 5.91 Å². The largest absolute Gasteiger partial charge is 0.481 e. The molecule has 7 amide bonds. The van der Waals surface area contributed by atoms with Crippen molar-refractivity contribution in [2.45, 2.75) is 128 Å². The van der Waals surface area contributed by atoms with Crippen molar-refractivity contribution in [3.8, 4) is 0 Å². The zero-order valence-corrected chi connectivity index (χ0v) is 30.9. The zero-order chi connectivity index (χ0) is 41.1. The van der Waals surface area contributed by atoms with Gasteiger partial charge in [0.15, 0.2) is 0 Å². The number of primary amides is 1. The lowest BCUT2D eigenvalue weighted by molar-refractivity contribution is -0.144. The van der Waals surface area contributed by atoms with E-state index < -0.39 is 108 Å². The molecule has 1 aliphatic carbocycles. The van der Waals surface area contributed by atoms with E-state index in [4.69, 9.17) is 10.5 Å². The first-order valence-corrected chi connectivity index (χ1v) is 17.6. The van der Waals surface area contributed by atoms with Gasteiger partial charge in [0.05, 0.1) is 18.6 Å². The number of carbonyl (C=O) groups excluding carboxylic acids is 9. The zero-order valence-electron chi connectivity index (χ0n) is 30.9. The molecule has 20 heteroatoms. The SMILES string of the molecule is C=CCOC(=O)CC[C@H](NC(=O)[C@H](CC(=O)O)NC(=O)C(=O)[C@H](C)NC(=O)[C@H](C)NC(=O)[C@@H](NC(=O)[C@H](CC1CCCCC1)NC(C)=O)[C@@H](C)O)C(N)=O. The van der Waals surface area contributed by atoms with Gasteiger partial charge in [0, 0.05) is 13.3 Å². The number of ether oxygens (including phenoxy) is 1. The average Bonchev–Trinajstić information content (AvgIpc) is 3.09. The number of carbonyl (C=O) groups is 10. The predicted octanol–water partition coefficient (Wildman–Crippen LogP) is -2.66. The molecule has 0 heterocycles. The van der Waals surface area contributed by atoms with Crippen LogP contribution in [0, 0.1) is 5.92 Å². The Morgan fingerprint density at radius 3 is 1.91 bits per heavy atom. The molecular formula is C34H53N7O13. The Kier molecular flexibility index (Phi) is 20.1. The van der Waals surface area contributed by atoms with E-state index in [0.29, 0.717) is 6.42 Å². The summed E-state index contributed by atoms with van der Waals surface area (Å²) in [5, 5.41) is 33.2. The summed E-state index contributed by atoms with van der Waals surface area (Å²) < 4.78 is 4.78. The normalized spacial score (nSPS) is 16.6. The van der Waals surface area contributed by atoms with Gasteiger partial charge in [0.2, 0.25) is 41.2 Å². The van der Waals surface area contributed by atoms with Crippen LogP contribution in [0.25, 0.3) is 0 Å². The third-order valence-electron chi connectivity index (χ3n) is 8.44. The first kappa shape index (κ1) is 46.6. The van der Waals surface area contributed by atoms with E-state index in [9.17, 15) is 58.2 Å². The van der Waals surface area contributed by atoms with Crippen molar-refractivity contribution in [3.05, 3.63) is 12.7 Å². The highest BCUT2D eigenvalue weighted by Gasteiger charge is 2.34. The Morgan fingerprint density at radius 2 is 1.37 bits per heavy atom. The molecule has 0 unspecified atom stereocenters. The smallest absolute Gasteiger partial charge is 0.306 e. The highest BCUT2D eigenvalue weighted by molar-refractivity contribution is 6.38. The highest BCUT2D eigenvalue weighted by Crippen LogP contribution is 2.27. The number of Topliss-reactive ketones (excluding diaryl/α,β-unsaturated/α-hetero) is 1. The molecule has 0 saturated heterocycles. The molecule has 0 radical (unpaired) electrons. The number of nitrogens with two attached hydrogens (primary N) is 1. The number of hydrogen-bond donors (Lipinski definition) is 9. The summed E-state index contributed by atoms with van der Waals surface area (Å²) in [5.41, 5.74) is 5.28. The van der Waals surface area contributed by atoms with E-state index >= 15 is 0 Å². The van der Waals surface area contributed by atoms with Crippen LogP contribution in [-0.4, -0.2) is 118 Å². The fraction of sp³-hybridized carbons (Fsp3) is 0.647. The summed E-state index contributed by atoms with van der Waals surface area (Å²) in [5.74, 6) is -10.3. The summed E-state index contributed by atoms with van der Waals surface area (Å²) in [7, 11) is 0. The van der Waals surface area contributed by atoms with Crippen LogP contribution in [-0.2, 0) is 52.7 Å². The van der Waals surface area contributed by atoms with Crippen LogP contribution >= 0.6 is 0 Å². The molecule has 20 nitrogen and oxygen atoms in total. The molecule has 10 N–H and O–H groups in total. The molecule has 1 saturated carbocycles. The molecule has 0 aromatic heterocycles. The van der Waals surface area contributed by atoms with Gasteiger partial charge in [-0.2, -0.15) is 0 Å². The van der Waals surface area contributed by atoms with Crippen LogP contribution in [0.5, 0.6) is 0 Å². The van der Waals surface area contributed by atoms with Crippen molar-refractivity contribution in [1.82, 2.24) is 31.9 Å². The quantitative estimate of drug-likeness (QED) is 0.0292. The van der Waals surface area contributed by atoms with Crippen LogP contribution < -0.4 is 37.6 Å². The molecule has 302 valence electrons. The minimum Gasteiger partial charge on any atom is -0.481 e. The summed E-state index contributed by atoms with van der Waals surface area (Å²) in [6, 6.07) is -8.84. The number of nitrogens with one attached hydrogen (secondary N) is 6. The predicted molar refractivity (Wildman–Crippen MR) is 188 cm³/mol. The Bertz CT molecular complexity index is 1410. The van der Waals surface area contributed by atoms with Crippen molar-refractivity contribution in [2.24, 2.45) is 11.7 Å². The van der Waals surface area contributed by atoms with E-state index in [1.54, 1.807) is 0 Å². The first-order chi connectivity index (χ1) is 25.3. The average molecular weight is 768 g/mol. The van der Waals surface area contributed by atoms with Gasteiger partial charge in [-0.25, -0.2) is 0 Å². The van der Waals surface area contributed by atoms with E-state index in [2.05, 4.69) is 33.2 Å². The molecule has 1 rings (SSSR count). The molecule has 1 fully saturated rings. The molecule has 0 aliphatic heterocycles. The second-order valence-electron chi connectivity index (χ2n) is 13.1. The summed E-state index contributed by atoms with van der Waals surface area (Å²) in [4.78, 5) is 124. The number of amides is 7. The molecule has 1 aliphatic rings. The Morgan fingerprint density at radius 1 is 0.778 bits per heavy atom. The van der Waals surface area contributed by atoms with Crippen LogP contribution in [0.3, 0.4) is 0 Å². The number of esters is 1. The molecule has 7 atom stereocenters. The van der Waals surface area contributed by atoms with Gasteiger partial charge in [-0.05, 0) is 39.5 Å². The number of aliphatic carboxylic acids is 1. The van der Waals surface area contributed by atoms with Crippen LogP contribution in [0.1, 0.15) is 85.5 Å². The van der Waals surface area contributed by atoms with E-state index in [-0.39, 0.29) is 25.4 Å². The van der Waals surface area contributed by atoms with Gasteiger partial charge in [-0.3, -0.25) is 47.9 Å². The van der Waals surface area contributed by atoms with Gasteiger partial charge in [0.1, 0.15) is 36.8 Å². The van der Waals surface area contributed by atoms with Gasteiger partial charge >= 0.3 is 11.9 Å². The van der Waals surface area contributed by atoms with E-state index in [1.807, 2.05) is 5.32 Å². The van der Waals surface area contributed by atoms with Gasteiger partial charge in [-0.1, -0.05) is 44.8 Å². The summed E-state index contributed by atoms with van der Waals surface area (Å²) >= 11 is 0. The maximum atomic E-state index is 13.2. The summed E-state index contributed by atoms with van der Waals surface area (Å²) in [6.07, 6.45) is 3.31. The molecular weight excluding hydrogens is 714 g/mol. The molecule has 54 heavy (non-hydrogen) atoms. The van der Waals surface area contributed by atoms with Crippen LogP contribution in [0.4, 0.5) is 0 Å². The number of aliphatic hydroxyl groups is 1. The number of carboxylic acid groups (broad SMARTS) is 1. The molecule has 0 spiro atoms. The topological polar surface area (TPSA) is 319 Å². The van der Waals surface area contributed by atoms with Crippen LogP contribution in [0.2, 0.25) is 0 Å². The lowest BCUT2D eigenvalue weighted by atomic mass is 9.84. The van der Waals surface area contributed by atoms with E-state index in [0.717, 1.165) is 39.0 Å². The van der Waals surface area contributed by atoms with Crippen molar-refractivity contribution in [3.63, 3.8) is 0 Å². The number of carboxylic acids is 1. The summed E-state index contributed by atoms with van der Waals surface area (Å²) in [6.45, 7) is 8.07. The Balaban J connectivity index is 2.88. The van der Waals surface area contributed by atoms with Crippen molar-refractivity contribution < 1.29 is 62.9 Å². The monoisotopic (exact) mass is 767 g/mol. The Labute approximate surface area is 312 Å². The minimum absolute atomic E-state index is 0.106. The lowest BCUT2D eigenvalue weighted by Crippen LogP contribution is -2.60. The first-order valence-electron chi connectivity index (χ1n) is 17.6. The number of rotatable bonds is 23. The van der Waals surface area contributed by atoms with Crippen LogP contribution in [0.15, 0.2) is 12.7 Å². The van der Waals surface area contributed by atoms with Crippen molar-refractivity contribution >= 4 is 59.1 Å². The Hall–Kier alpha value is -5.40. The third kappa shape index (κ3) is 17.0. The van der Waals surface area contributed by atoms with Crippen molar-refractivity contribution in [2.75, 3.05) is 6.61 Å². The maximum absolute atomic E-state index is 13.2. The van der Waals surface area contributed by atoms with Crippen molar-refractivity contribution in [1.29, 1.82) is 0 Å². The number of ketones is 1. The van der Waals surface area contributed by atoms with Gasteiger partial charge in [-0.15, -0.1) is 0 Å². The molecule has 0 aromatic rings. The standard InChI is InChI=1S/C34H53N7O13/c1-6-14-54-26(46)13-12-22(29(35)48)39-31(50)24(16-25(44)45)40-34(53)28(47)17(2)36-30(49)18(3)37-33(52)27(19(4)42)41-32(51)23(38-20(5)43)15-21-10-8-7-9-11-21/h6,17-19,21-24,27,42H,1,7-16H2,2-5H3,(H2,35,48)(H,36,49)(H,37,52)(H,38,43)(H,39,50)(H,40,53)(H,41,51)(H,44,45)/t17-,18-,19+,22-,23-,24-,27-/m0/s1. The number of hydrogen-bond acceptors (Lipinski definition) is 12. The number of aliphatic hydroxyl groups excluding tert-OH is 1. The second-order valence-corrected chi connectivity index (χ2v) is 13.1. The molecule has 0 aromatic carbocycles. The fourth-order valence-electron chi connectivity index (χ4n) is 5.52. The highest BCUT2D eigenvalue weighted by atomic mass is 16.5. The maximum Gasteiger partial charge on any atom is 0.306 e. The van der Waals surface area contributed by atoms with Gasteiger partial charge < -0.3 is 52.6 Å². The third-order valence-corrected chi connectivity index (χ3v) is 8.44. The second kappa shape index (κ2) is 23.3. The lowest BCUT2D eigenvalue weighted by Gasteiger charge is -2.29. The fourth-order valence-corrected chi connectivity index (χ4v) is 5.52.